The molecule has 0 aliphatic carbocycles. The van der Waals surface area contributed by atoms with E-state index in [-0.39, 0.29) is 48.2 Å². The number of thiophene rings is 1. The summed E-state index contributed by atoms with van der Waals surface area (Å²) >= 11 is 6.96. The topological polar surface area (TPSA) is 102 Å². The average Bonchev–Trinajstić information content (AvgIpc) is 3.23. The molecule has 1 atom stereocenters. The Kier molecular flexibility index (Phi) is 8.94. The van der Waals surface area contributed by atoms with E-state index in [1.165, 1.54) is 30.4 Å². The zero-order chi connectivity index (χ0) is 22.1. The van der Waals surface area contributed by atoms with Crippen LogP contribution in [-0.4, -0.2) is 36.2 Å². The first-order valence-corrected chi connectivity index (χ1v) is 10.3. The highest BCUT2D eigenvalue weighted by molar-refractivity contribution is 7.12. The molecule has 2 rings (SSSR count). The van der Waals surface area contributed by atoms with E-state index >= 15 is 0 Å². The summed E-state index contributed by atoms with van der Waals surface area (Å²) in [5.41, 5.74) is -0.0864. The van der Waals surface area contributed by atoms with Gasteiger partial charge in [-0.25, -0.2) is 4.39 Å². The second kappa shape index (κ2) is 11.4. The Morgan fingerprint density at radius 3 is 2.60 bits per heavy atom. The molecule has 2 amide bonds. The van der Waals surface area contributed by atoms with Crippen molar-refractivity contribution >= 4 is 52.2 Å². The number of carbonyl (C=O) groups is 4. The third-order valence-electron chi connectivity index (χ3n) is 3.89. The number of ether oxygens (including phenoxy) is 1. The van der Waals surface area contributed by atoms with Gasteiger partial charge >= 0.3 is 5.97 Å². The zero-order valence-electron chi connectivity index (χ0n) is 16.1. The van der Waals surface area contributed by atoms with Crippen molar-refractivity contribution in [3.8, 4) is 0 Å². The number of amides is 2. The van der Waals surface area contributed by atoms with E-state index < -0.39 is 23.8 Å². The lowest BCUT2D eigenvalue weighted by atomic mass is 10.2. The number of benzene rings is 1. The summed E-state index contributed by atoms with van der Waals surface area (Å²) in [5.74, 6) is -2.60. The van der Waals surface area contributed by atoms with E-state index in [2.05, 4.69) is 10.6 Å². The Labute approximate surface area is 181 Å². The molecule has 10 heteroatoms. The molecule has 160 valence electrons. The summed E-state index contributed by atoms with van der Waals surface area (Å²) in [4.78, 5) is 48.0. The van der Waals surface area contributed by atoms with Gasteiger partial charge in [-0.2, -0.15) is 0 Å². The molecule has 7 nitrogen and oxygen atoms in total. The van der Waals surface area contributed by atoms with Crippen molar-refractivity contribution in [3.05, 3.63) is 51.4 Å². The van der Waals surface area contributed by atoms with Crippen molar-refractivity contribution < 1.29 is 28.3 Å². The SMILES string of the molecule is CC(OC(=O)CCNC(=O)CCC(=O)c1cccs1)C(=O)Nc1ccc(Cl)cc1F. The van der Waals surface area contributed by atoms with Crippen LogP contribution in [0, 0.1) is 5.82 Å². The predicted octanol–water partition coefficient (Wildman–Crippen LogP) is 3.58. The van der Waals surface area contributed by atoms with Gasteiger partial charge in [0.15, 0.2) is 11.9 Å². The number of hydrogen-bond donors (Lipinski definition) is 2. The number of nitrogens with one attached hydrogen (secondary N) is 2. The standard InChI is InChI=1S/C20H20ClFN2O5S/c1-12(20(28)24-15-5-4-13(21)11-14(15)22)29-19(27)8-9-23-18(26)7-6-16(25)17-3-2-10-30-17/h2-5,10-12H,6-9H2,1H3,(H,23,26)(H,24,28). The van der Waals surface area contributed by atoms with Crippen molar-refractivity contribution in [2.45, 2.75) is 32.3 Å². The quantitative estimate of drug-likeness (QED) is 0.422. The van der Waals surface area contributed by atoms with Crippen LogP contribution in [0.15, 0.2) is 35.7 Å². The van der Waals surface area contributed by atoms with Gasteiger partial charge in [0.05, 0.1) is 17.0 Å². The number of Topliss-reactive ketones (excluding diaryl/α,β-unsaturated/α-hetero) is 1. The molecular weight excluding hydrogens is 435 g/mol. The molecule has 1 unspecified atom stereocenters. The van der Waals surface area contributed by atoms with Crippen molar-refractivity contribution in [2.75, 3.05) is 11.9 Å². The summed E-state index contributed by atoms with van der Waals surface area (Å²) in [6, 6.07) is 7.21. The van der Waals surface area contributed by atoms with Crippen LogP contribution in [0.5, 0.6) is 0 Å². The molecule has 0 fully saturated rings. The minimum absolute atomic E-state index is 0.00497. The predicted molar refractivity (Wildman–Crippen MR) is 111 cm³/mol. The molecule has 2 aromatic rings. The molecule has 0 saturated heterocycles. The molecule has 0 bridgehead atoms. The summed E-state index contributed by atoms with van der Waals surface area (Å²) in [7, 11) is 0. The van der Waals surface area contributed by atoms with Gasteiger partial charge in [-0.3, -0.25) is 19.2 Å². The first-order chi connectivity index (χ1) is 14.3. The summed E-state index contributed by atoms with van der Waals surface area (Å²) in [6.07, 6.45) is -1.23. The Hall–Kier alpha value is -2.78. The molecule has 1 aromatic carbocycles. The average molecular weight is 455 g/mol. The fraction of sp³-hybridized carbons (Fsp3) is 0.300. The molecule has 1 aromatic heterocycles. The van der Waals surface area contributed by atoms with Crippen molar-refractivity contribution in [1.82, 2.24) is 5.32 Å². The van der Waals surface area contributed by atoms with E-state index in [1.54, 1.807) is 17.5 Å². The Morgan fingerprint density at radius 2 is 1.93 bits per heavy atom. The Bertz CT molecular complexity index is 920. The van der Waals surface area contributed by atoms with Crippen LogP contribution in [0.25, 0.3) is 0 Å². The van der Waals surface area contributed by atoms with Crippen LogP contribution in [0.1, 0.15) is 35.9 Å². The van der Waals surface area contributed by atoms with Crippen molar-refractivity contribution in [2.24, 2.45) is 0 Å². The molecule has 0 aliphatic rings. The van der Waals surface area contributed by atoms with Gasteiger partial charge < -0.3 is 15.4 Å². The minimum atomic E-state index is -1.16. The van der Waals surface area contributed by atoms with Crippen LogP contribution in [0.3, 0.4) is 0 Å². The number of ketones is 1. The van der Waals surface area contributed by atoms with Gasteiger partial charge in [0, 0.05) is 24.4 Å². The maximum Gasteiger partial charge on any atom is 0.308 e. The molecule has 0 radical (unpaired) electrons. The highest BCUT2D eigenvalue weighted by Crippen LogP contribution is 2.19. The zero-order valence-corrected chi connectivity index (χ0v) is 17.6. The molecule has 2 N–H and O–H groups in total. The molecular formula is C20H20ClFN2O5S. The molecule has 0 saturated carbocycles. The first-order valence-electron chi connectivity index (χ1n) is 9.05. The second-order valence-corrected chi connectivity index (χ2v) is 7.63. The van der Waals surface area contributed by atoms with E-state index in [1.807, 2.05) is 0 Å². The van der Waals surface area contributed by atoms with Gasteiger partial charge in [-0.1, -0.05) is 17.7 Å². The highest BCUT2D eigenvalue weighted by Gasteiger charge is 2.19. The lowest BCUT2D eigenvalue weighted by molar-refractivity contribution is -0.153. The number of halogens is 2. The fourth-order valence-electron chi connectivity index (χ4n) is 2.31. The second-order valence-electron chi connectivity index (χ2n) is 6.25. The highest BCUT2D eigenvalue weighted by atomic mass is 35.5. The summed E-state index contributed by atoms with van der Waals surface area (Å²) in [6.45, 7) is 1.35. The van der Waals surface area contributed by atoms with Crippen LogP contribution >= 0.6 is 22.9 Å². The van der Waals surface area contributed by atoms with Crippen LogP contribution in [-0.2, 0) is 19.1 Å². The van der Waals surface area contributed by atoms with Crippen molar-refractivity contribution in [1.29, 1.82) is 0 Å². The number of esters is 1. The van der Waals surface area contributed by atoms with Crippen LogP contribution in [0.2, 0.25) is 5.02 Å². The largest absolute Gasteiger partial charge is 0.452 e. The molecule has 1 heterocycles. The third kappa shape index (κ3) is 7.57. The summed E-state index contributed by atoms with van der Waals surface area (Å²) < 4.78 is 18.7. The monoisotopic (exact) mass is 454 g/mol. The molecule has 0 aliphatic heterocycles. The van der Waals surface area contributed by atoms with Crippen molar-refractivity contribution in [3.63, 3.8) is 0 Å². The van der Waals surface area contributed by atoms with Gasteiger partial charge in [-0.05, 0) is 36.6 Å². The van der Waals surface area contributed by atoms with Crippen LogP contribution < -0.4 is 10.6 Å². The molecule has 0 spiro atoms. The minimum Gasteiger partial charge on any atom is -0.452 e. The lowest BCUT2D eigenvalue weighted by Gasteiger charge is -2.14. The van der Waals surface area contributed by atoms with Gasteiger partial charge in [0.25, 0.3) is 5.91 Å². The van der Waals surface area contributed by atoms with E-state index in [9.17, 15) is 23.6 Å². The van der Waals surface area contributed by atoms with E-state index in [4.69, 9.17) is 16.3 Å². The summed E-state index contributed by atoms with van der Waals surface area (Å²) in [5, 5.41) is 6.79. The molecule has 30 heavy (non-hydrogen) atoms. The van der Waals surface area contributed by atoms with Gasteiger partial charge in [0.2, 0.25) is 5.91 Å². The number of rotatable bonds is 10. The first kappa shape index (κ1) is 23.5. The van der Waals surface area contributed by atoms with E-state index in [0.717, 1.165) is 6.07 Å². The number of carbonyl (C=O) groups excluding carboxylic acids is 4. The third-order valence-corrected chi connectivity index (χ3v) is 5.04. The van der Waals surface area contributed by atoms with E-state index in [0.29, 0.717) is 4.88 Å². The number of hydrogen-bond acceptors (Lipinski definition) is 6. The lowest BCUT2D eigenvalue weighted by Crippen LogP contribution is -2.32. The normalized spacial score (nSPS) is 11.4. The van der Waals surface area contributed by atoms with Gasteiger partial charge in [0.1, 0.15) is 5.82 Å². The van der Waals surface area contributed by atoms with Gasteiger partial charge in [-0.15, -0.1) is 11.3 Å². The van der Waals surface area contributed by atoms with Crippen LogP contribution in [0.4, 0.5) is 10.1 Å². The Balaban J connectivity index is 1.66. The smallest absolute Gasteiger partial charge is 0.308 e. The Morgan fingerprint density at radius 1 is 1.17 bits per heavy atom. The number of anilines is 1. The maximum atomic E-state index is 13.7. The fourth-order valence-corrected chi connectivity index (χ4v) is 3.17. The maximum absolute atomic E-state index is 13.7.